The summed E-state index contributed by atoms with van der Waals surface area (Å²) in [6.45, 7) is 12.6. The molecule has 0 aromatic carbocycles. The summed E-state index contributed by atoms with van der Waals surface area (Å²) in [7, 11) is 0. The van der Waals surface area contributed by atoms with Gasteiger partial charge in [0.05, 0.1) is 56.9 Å². The Balaban J connectivity index is 0.883. The summed E-state index contributed by atoms with van der Waals surface area (Å²) in [6.07, 6.45) is -37.4. The first-order chi connectivity index (χ1) is 41.6. The van der Waals surface area contributed by atoms with E-state index in [1.165, 1.54) is 13.8 Å². The van der Waals surface area contributed by atoms with Gasteiger partial charge in [-0.2, -0.15) is 0 Å². The molecule has 29 nitrogen and oxygen atoms in total. The van der Waals surface area contributed by atoms with Crippen LogP contribution < -0.4 is 0 Å². The summed E-state index contributed by atoms with van der Waals surface area (Å²) in [6, 6.07) is 0. The number of fused-ring (bicyclic) bond motifs is 5. The molecule has 0 bridgehead atoms. The Bertz CT molecular complexity index is 2340. The molecule has 29 heteroatoms. The predicted octanol–water partition coefficient (Wildman–Crippen LogP) is -5.41. The fourth-order valence-electron chi connectivity index (χ4n) is 17.0. The van der Waals surface area contributed by atoms with Crippen LogP contribution in [0.5, 0.6) is 0 Å². The third-order valence-corrected chi connectivity index (χ3v) is 22.9. The smallest absolute Gasteiger partial charge is 0.187 e. The number of hydrogen-bond donors (Lipinski definition) is 19. The standard InChI is InChI=1S/C60H102O29/c1-23(9-13-35(57(4,5)79)88-55-50(89-54-49(78)43(72)38(67)29(20-63)84-54)45(74)40(69)31(86-55)22-81-52-47(76)42(71)37(66)28(19-62)83-52)24-15-16-58(6)32-12-10-25-26(60(32,8)33(64)17-59(24,58)7)11-14-34(56(25,2)3)87-53-48(77)44(73)39(68)30(85-53)21-80-51-46(75)41(70)36(65)27(18-61)82-51/h10,23-24,26-55,61-79H,9,11-22H2,1-8H3/t23-,24-,26?,27-,28-,29-,30-,31-,32+,33+,34+,35-,36-,37-,38-,39-,40-,41+,42+,43+,44+,45+,46-,47-,48-,49-,50-,51-,52-,53+,54+,55+,58+,59-,60+/m1/s1. The molecule has 0 aromatic heterocycles. The Hall–Kier alpha value is -1.42. The van der Waals surface area contributed by atoms with Gasteiger partial charge >= 0.3 is 0 Å². The van der Waals surface area contributed by atoms with Crippen LogP contribution >= 0.6 is 0 Å². The summed E-state index contributed by atoms with van der Waals surface area (Å²) < 4.78 is 59.3. The van der Waals surface area contributed by atoms with Gasteiger partial charge in [-0.25, -0.2) is 0 Å². The van der Waals surface area contributed by atoms with Crippen molar-refractivity contribution in [1.82, 2.24) is 0 Å². The second kappa shape index (κ2) is 27.6. The fourth-order valence-corrected chi connectivity index (χ4v) is 17.0. The fraction of sp³-hybridized carbons (Fsp3) is 0.967. The highest BCUT2D eigenvalue weighted by Crippen LogP contribution is 2.75. The van der Waals surface area contributed by atoms with Crippen LogP contribution in [0.25, 0.3) is 0 Å². The lowest BCUT2D eigenvalue weighted by Gasteiger charge is -2.67. The summed E-state index contributed by atoms with van der Waals surface area (Å²) in [5.41, 5.74) is -2.49. The van der Waals surface area contributed by atoms with Crippen LogP contribution in [0.15, 0.2) is 11.6 Å². The molecule has 0 spiro atoms. The van der Waals surface area contributed by atoms with Crippen molar-refractivity contribution >= 4 is 0 Å². The van der Waals surface area contributed by atoms with Crippen molar-refractivity contribution in [2.45, 2.75) is 284 Å². The molecular formula is C60H102O29. The molecule has 89 heavy (non-hydrogen) atoms. The second-order valence-electron chi connectivity index (χ2n) is 28.7. The Morgan fingerprint density at radius 2 is 0.955 bits per heavy atom. The van der Waals surface area contributed by atoms with Crippen LogP contribution in [0, 0.1) is 45.3 Å². The van der Waals surface area contributed by atoms with Crippen molar-refractivity contribution in [2.75, 3.05) is 33.0 Å². The molecule has 0 amide bonds. The van der Waals surface area contributed by atoms with Crippen molar-refractivity contribution in [2.24, 2.45) is 45.3 Å². The van der Waals surface area contributed by atoms with E-state index < -0.39 is 227 Å². The van der Waals surface area contributed by atoms with E-state index in [1.54, 1.807) is 0 Å². The third-order valence-electron chi connectivity index (χ3n) is 22.9. The van der Waals surface area contributed by atoms with Crippen LogP contribution in [0.2, 0.25) is 0 Å². The maximum absolute atomic E-state index is 12.8. The molecule has 9 aliphatic rings. The highest BCUT2D eigenvalue weighted by atomic mass is 16.8. The van der Waals surface area contributed by atoms with E-state index in [1.807, 2.05) is 13.8 Å². The number of aliphatic hydroxyl groups is 19. The minimum absolute atomic E-state index is 0.0310. The van der Waals surface area contributed by atoms with Gasteiger partial charge in [-0.15, -0.1) is 0 Å². The van der Waals surface area contributed by atoms with E-state index in [2.05, 4.69) is 33.8 Å². The molecule has 9 rings (SSSR count). The zero-order chi connectivity index (χ0) is 65.5. The lowest BCUT2D eigenvalue weighted by molar-refractivity contribution is -0.380. The quantitative estimate of drug-likeness (QED) is 0.0506. The van der Waals surface area contributed by atoms with E-state index in [0.29, 0.717) is 32.1 Å². The molecule has 0 aromatic rings. The summed E-state index contributed by atoms with van der Waals surface area (Å²) in [4.78, 5) is 0. The monoisotopic (exact) mass is 1290 g/mol. The maximum Gasteiger partial charge on any atom is 0.187 e. The van der Waals surface area contributed by atoms with Gasteiger partial charge in [0.15, 0.2) is 31.5 Å². The Kier molecular flexibility index (Phi) is 22.3. The Morgan fingerprint density at radius 1 is 0.517 bits per heavy atom. The zero-order valence-electron chi connectivity index (χ0n) is 51.8. The van der Waals surface area contributed by atoms with E-state index in [0.717, 1.165) is 18.4 Å². The molecule has 19 N–H and O–H groups in total. The molecule has 35 atom stereocenters. The highest BCUT2D eigenvalue weighted by molar-refractivity contribution is 5.32. The van der Waals surface area contributed by atoms with Gasteiger partial charge in [0.2, 0.25) is 0 Å². The number of rotatable bonds is 20. The first-order valence-corrected chi connectivity index (χ1v) is 31.6. The number of ether oxygens (including phenoxy) is 10. The molecule has 4 aliphatic carbocycles. The molecule has 8 fully saturated rings. The topological polar surface area (TPSA) is 477 Å². The van der Waals surface area contributed by atoms with Crippen molar-refractivity contribution in [3.8, 4) is 0 Å². The average molecular weight is 1290 g/mol. The number of allylic oxidation sites excluding steroid dienone is 1. The van der Waals surface area contributed by atoms with Crippen LogP contribution in [-0.4, -0.2) is 308 Å². The molecule has 5 saturated heterocycles. The third kappa shape index (κ3) is 13.1. The van der Waals surface area contributed by atoms with Gasteiger partial charge in [-0.05, 0) is 99.7 Å². The van der Waals surface area contributed by atoms with Crippen LogP contribution in [0.3, 0.4) is 0 Å². The normalized spacial score (nSPS) is 51.8. The van der Waals surface area contributed by atoms with Crippen molar-refractivity contribution < 1.29 is 144 Å². The van der Waals surface area contributed by atoms with Crippen LogP contribution in [0.1, 0.15) is 107 Å². The van der Waals surface area contributed by atoms with Gasteiger partial charge in [-0.3, -0.25) is 0 Å². The van der Waals surface area contributed by atoms with E-state index in [9.17, 15) is 97.0 Å². The Morgan fingerprint density at radius 3 is 1.45 bits per heavy atom. The number of aliphatic hydroxyl groups excluding tert-OH is 18. The minimum atomic E-state index is -1.96. The summed E-state index contributed by atoms with van der Waals surface area (Å²) in [5, 5.41) is 205. The largest absolute Gasteiger partial charge is 0.394 e. The van der Waals surface area contributed by atoms with E-state index in [4.69, 9.17) is 47.4 Å². The van der Waals surface area contributed by atoms with Crippen molar-refractivity contribution in [3.05, 3.63) is 11.6 Å². The van der Waals surface area contributed by atoms with Gasteiger partial charge < -0.3 is 144 Å². The molecule has 5 heterocycles. The van der Waals surface area contributed by atoms with Gasteiger partial charge in [0.25, 0.3) is 0 Å². The van der Waals surface area contributed by atoms with Crippen molar-refractivity contribution in [3.63, 3.8) is 0 Å². The van der Waals surface area contributed by atoms with Crippen LogP contribution in [0.4, 0.5) is 0 Å². The molecule has 0 radical (unpaired) electrons. The van der Waals surface area contributed by atoms with Gasteiger partial charge in [0.1, 0.15) is 122 Å². The molecule has 1 unspecified atom stereocenters. The number of hydrogen-bond acceptors (Lipinski definition) is 29. The molecule has 516 valence electrons. The van der Waals surface area contributed by atoms with Crippen LogP contribution in [-0.2, 0) is 47.4 Å². The summed E-state index contributed by atoms with van der Waals surface area (Å²) >= 11 is 0. The van der Waals surface area contributed by atoms with Gasteiger partial charge in [0, 0.05) is 10.8 Å². The lowest BCUT2D eigenvalue weighted by Crippen LogP contribution is -2.65. The lowest BCUT2D eigenvalue weighted by atomic mass is 9.38. The maximum atomic E-state index is 12.8. The Labute approximate surface area is 517 Å². The first kappa shape index (κ1) is 71.9. The van der Waals surface area contributed by atoms with E-state index in [-0.39, 0.29) is 35.5 Å². The second-order valence-corrected chi connectivity index (χ2v) is 28.7. The first-order valence-electron chi connectivity index (χ1n) is 31.6. The van der Waals surface area contributed by atoms with E-state index >= 15 is 0 Å². The predicted molar refractivity (Wildman–Crippen MR) is 300 cm³/mol. The molecular weight excluding hydrogens is 1180 g/mol. The minimum Gasteiger partial charge on any atom is -0.394 e. The summed E-state index contributed by atoms with van der Waals surface area (Å²) in [5.74, 6) is -0.0172. The SMILES string of the molecule is C[C@H](CC[C@@H](O[C@@H]1O[C@H](CO[C@@H]2O[C@H](CO)[C@@H](O)[C@H](O)[C@H]2O)[C@@H](O)[C@H](O)[C@H]1O[C@@H]1O[C@H](CO)[C@@H](O)[C@H](O)[C@H]1O)C(C)(C)O)[C@H]1CC[C@@]2(C)[C@@H]3CC=C4C(CC[C@H](O[C@@H]5O[C@H](CO[C@@H]6O[C@H](CO)[C@@H](O)[C@H](O)[C@H]6O)[C@@H](O)[C@H](O)[C@H]5O)C4(C)C)[C@]3(C)[C@@H](O)C[C@]12C. The average Bonchev–Trinajstić information content (AvgIpc) is 1.66. The molecule has 5 aliphatic heterocycles. The molecule has 3 saturated carbocycles. The van der Waals surface area contributed by atoms with Gasteiger partial charge in [-0.1, -0.05) is 53.2 Å². The highest BCUT2D eigenvalue weighted by Gasteiger charge is 2.70. The van der Waals surface area contributed by atoms with Crippen molar-refractivity contribution in [1.29, 1.82) is 0 Å². The zero-order valence-corrected chi connectivity index (χ0v) is 51.8.